The van der Waals surface area contributed by atoms with Gasteiger partial charge >= 0.3 is 0 Å². The molecule has 96 valence electrons. The molecule has 0 aliphatic carbocycles. The normalized spacial score (nSPS) is 12.2. The number of methoxy groups -OCH3 is 2. The van der Waals surface area contributed by atoms with Crippen molar-refractivity contribution in [3.05, 3.63) is 36.0 Å². The van der Waals surface area contributed by atoms with Gasteiger partial charge in [-0.1, -0.05) is 0 Å². The van der Waals surface area contributed by atoms with Crippen LogP contribution in [0.5, 0.6) is 11.5 Å². The highest BCUT2D eigenvalue weighted by molar-refractivity contribution is 5.43. The van der Waals surface area contributed by atoms with E-state index in [-0.39, 0.29) is 6.04 Å². The van der Waals surface area contributed by atoms with Gasteiger partial charge in [0.1, 0.15) is 17.3 Å². The lowest BCUT2D eigenvalue weighted by atomic mass is 10.1. The number of aromatic nitrogens is 2. The summed E-state index contributed by atoms with van der Waals surface area (Å²) >= 11 is 0. The van der Waals surface area contributed by atoms with E-state index in [0.29, 0.717) is 5.82 Å². The molecule has 1 heterocycles. The molecule has 0 aliphatic heterocycles. The first-order valence-corrected chi connectivity index (χ1v) is 5.68. The van der Waals surface area contributed by atoms with Crippen molar-refractivity contribution in [2.45, 2.75) is 13.0 Å². The van der Waals surface area contributed by atoms with Crippen LogP contribution in [0.2, 0.25) is 0 Å². The van der Waals surface area contributed by atoms with Crippen molar-refractivity contribution < 1.29 is 9.47 Å². The van der Waals surface area contributed by atoms with Crippen LogP contribution in [0.4, 0.5) is 5.82 Å². The highest BCUT2D eigenvalue weighted by Gasteiger charge is 2.16. The standard InChI is InChI=1S/C13H17N3O2/c1-9(16-13(14)6-7-15-16)11-8-10(17-2)4-5-12(11)18-3/h4-9H,14H2,1-3H3. The Morgan fingerprint density at radius 3 is 2.56 bits per heavy atom. The first kappa shape index (κ1) is 12.3. The highest BCUT2D eigenvalue weighted by Crippen LogP contribution is 2.31. The molecular formula is C13H17N3O2. The zero-order valence-electron chi connectivity index (χ0n) is 10.8. The third kappa shape index (κ3) is 2.11. The minimum absolute atomic E-state index is 0.0231. The molecule has 0 bridgehead atoms. The molecule has 2 aromatic rings. The minimum Gasteiger partial charge on any atom is -0.497 e. The fourth-order valence-corrected chi connectivity index (χ4v) is 1.95. The molecule has 5 heteroatoms. The monoisotopic (exact) mass is 247 g/mol. The first-order chi connectivity index (χ1) is 8.67. The molecule has 0 amide bonds. The van der Waals surface area contributed by atoms with Gasteiger partial charge in [-0.05, 0) is 31.2 Å². The maximum atomic E-state index is 5.87. The summed E-state index contributed by atoms with van der Waals surface area (Å²) in [6.07, 6.45) is 1.68. The SMILES string of the molecule is COc1ccc(OC)c(C(C)n2nccc2N)c1. The Labute approximate surface area is 106 Å². The van der Waals surface area contributed by atoms with E-state index in [2.05, 4.69) is 5.10 Å². The van der Waals surface area contributed by atoms with Gasteiger partial charge in [0.15, 0.2) is 0 Å². The van der Waals surface area contributed by atoms with Gasteiger partial charge in [0.25, 0.3) is 0 Å². The highest BCUT2D eigenvalue weighted by atomic mass is 16.5. The van der Waals surface area contributed by atoms with Crippen LogP contribution >= 0.6 is 0 Å². The van der Waals surface area contributed by atoms with Crippen LogP contribution in [0, 0.1) is 0 Å². The van der Waals surface area contributed by atoms with Crippen molar-refractivity contribution in [1.29, 1.82) is 0 Å². The fraction of sp³-hybridized carbons (Fsp3) is 0.308. The Bertz CT molecular complexity index is 537. The van der Waals surface area contributed by atoms with Crippen molar-refractivity contribution >= 4 is 5.82 Å². The lowest BCUT2D eigenvalue weighted by molar-refractivity contribution is 0.391. The molecule has 1 unspecified atom stereocenters. The van der Waals surface area contributed by atoms with E-state index in [0.717, 1.165) is 17.1 Å². The van der Waals surface area contributed by atoms with E-state index < -0.39 is 0 Å². The number of hydrogen-bond donors (Lipinski definition) is 1. The Hall–Kier alpha value is -2.17. The van der Waals surface area contributed by atoms with Crippen molar-refractivity contribution in [3.63, 3.8) is 0 Å². The smallest absolute Gasteiger partial charge is 0.124 e. The molecule has 18 heavy (non-hydrogen) atoms. The van der Waals surface area contributed by atoms with Gasteiger partial charge in [0.2, 0.25) is 0 Å². The quantitative estimate of drug-likeness (QED) is 0.898. The van der Waals surface area contributed by atoms with Gasteiger partial charge in [-0.15, -0.1) is 0 Å². The van der Waals surface area contributed by atoms with Crippen LogP contribution in [-0.2, 0) is 0 Å². The van der Waals surface area contributed by atoms with E-state index in [9.17, 15) is 0 Å². The van der Waals surface area contributed by atoms with Gasteiger partial charge in [-0.2, -0.15) is 5.10 Å². The number of nitrogens with zero attached hydrogens (tertiary/aromatic N) is 2. The van der Waals surface area contributed by atoms with Gasteiger partial charge in [0.05, 0.1) is 26.5 Å². The van der Waals surface area contributed by atoms with E-state index >= 15 is 0 Å². The Kier molecular flexibility index (Phi) is 3.41. The molecule has 5 nitrogen and oxygen atoms in total. The first-order valence-electron chi connectivity index (χ1n) is 5.68. The van der Waals surface area contributed by atoms with E-state index in [4.69, 9.17) is 15.2 Å². The molecule has 1 atom stereocenters. The molecule has 0 spiro atoms. The average molecular weight is 247 g/mol. The topological polar surface area (TPSA) is 62.3 Å². The minimum atomic E-state index is -0.0231. The van der Waals surface area contributed by atoms with Gasteiger partial charge in [0, 0.05) is 5.56 Å². The molecule has 1 aromatic heterocycles. The van der Waals surface area contributed by atoms with E-state index in [1.54, 1.807) is 31.2 Å². The van der Waals surface area contributed by atoms with Crippen LogP contribution in [0.3, 0.4) is 0 Å². The molecule has 0 aliphatic rings. The number of anilines is 1. The van der Waals surface area contributed by atoms with Gasteiger partial charge in [-0.3, -0.25) is 0 Å². The molecule has 2 rings (SSSR count). The Morgan fingerprint density at radius 2 is 2.00 bits per heavy atom. The maximum absolute atomic E-state index is 5.87. The predicted octanol–water partition coefficient (Wildman–Crippen LogP) is 2.09. The van der Waals surface area contributed by atoms with Crippen molar-refractivity contribution in [2.24, 2.45) is 0 Å². The Balaban J connectivity index is 2.45. The van der Waals surface area contributed by atoms with Crippen molar-refractivity contribution in [2.75, 3.05) is 20.0 Å². The second-order valence-corrected chi connectivity index (χ2v) is 3.98. The Morgan fingerprint density at radius 1 is 1.22 bits per heavy atom. The number of hydrogen-bond acceptors (Lipinski definition) is 4. The fourth-order valence-electron chi connectivity index (χ4n) is 1.95. The maximum Gasteiger partial charge on any atom is 0.124 e. The lowest BCUT2D eigenvalue weighted by Crippen LogP contribution is -2.12. The summed E-state index contributed by atoms with van der Waals surface area (Å²) in [5, 5.41) is 4.22. The van der Waals surface area contributed by atoms with Gasteiger partial charge < -0.3 is 15.2 Å². The zero-order valence-corrected chi connectivity index (χ0v) is 10.8. The summed E-state index contributed by atoms with van der Waals surface area (Å²) in [4.78, 5) is 0. The lowest BCUT2D eigenvalue weighted by Gasteiger charge is -2.18. The summed E-state index contributed by atoms with van der Waals surface area (Å²) in [5.41, 5.74) is 6.85. The third-order valence-electron chi connectivity index (χ3n) is 2.95. The van der Waals surface area contributed by atoms with E-state index in [1.165, 1.54) is 0 Å². The van der Waals surface area contributed by atoms with Crippen LogP contribution in [-0.4, -0.2) is 24.0 Å². The van der Waals surface area contributed by atoms with Crippen LogP contribution in [0.1, 0.15) is 18.5 Å². The molecule has 0 fully saturated rings. The number of nitrogen functional groups attached to an aromatic ring is 1. The van der Waals surface area contributed by atoms with Crippen LogP contribution in [0.25, 0.3) is 0 Å². The molecule has 0 saturated carbocycles. The number of ether oxygens (including phenoxy) is 2. The predicted molar refractivity (Wildman–Crippen MR) is 70.0 cm³/mol. The molecule has 2 N–H and O–H groups in total. The largest absolute Gasteiger partial charge is 0.497 e. The summed E-state index contributed by atoms with van der Waals surface area (Å²) < 4.78 is 12.3. The van der Waals surface area contributed by atoms with Crippen molar-refractivity contribution in [3.8, 4) is 11.5 Å². The number of rotatable bonds is 4. The van der Waals surface area contributed by atoms with Crippen LogP contribution < -0.4 is 15.2 Å². The van der Waals surface area contributed by atoms with E-state index in [1.807, 2.05) is 25.1 Å². The van der Waals surface area contributed by atoms with Crippen LogP contribution in [0.15, 0.2) is 30.5 Å². The second-order valence-electron chi connectivity index (χ2n) is 3.98. The second kappa shape index (κ2) is 5.00. The molecule has 0 radical (unpaired) electrons. The molecule has 1 aromatic carbocycles. The summed E-state index contributed by atoms with van der Waals surface area (Å²) in [6.45, 7) is 2.01. The number of benzene rings is 1. The zero-order chi connectivity index (χ0) is 13.1. The van der Waals surface area contributed by atoms with Gasteiger partial charge in [-0.25, -0.2) is 4.68 Å². The molecular weight excluding hydrogens is 230 g/mol. The summed E-state index contributed by atoms with van der Waals surface area (Å²) in [5.74, 6) is 2.19. The average Bonchev–Trinajstić information content (AvgIpc) is 2.83. The summed E-state index contributed by atoms with van der Waals surface area (Å²) in [7, 11) is 3.28. The van der Waals surface area contributed by atoms with Crippen molar-refractivity contribution in [1.82, 2.24) is 9.78 Å². The summed E-state index contributed by atoms with van der Waals surface area (Å²) in [6, 6.07) is 7.42. The third-order valence-corrected chi connectivity index (χ3v) is 2.95. The number of nitrogens with two attached hydrogens (primary N) is 1. The molecule has 0 saturated heterocycles.